The van der Waals surface area contributed by atoms with Crippen LogP contribution in [0.3, 0.4) is 0 Å². The molecule has 0 radical (unpaired) electrons. The van der Waals surface area contributed by atoms with E-state index in [0.717, 1.165) is 24.2 Å². The molecule has 6 heteroatoms. The highest BCUT2D eigenvalue weighted by Gasteiger charge is 2.31. The van der Waals surface area contributed by atoms with Crippen LogP contribution in [-0.4, -0.2) is 34.5 Å². The van der Waals surface area contributed by atoms with Crippen LogP contribution in [-0.2, 0) is 17.8 Å². The number of hydrogen-bond donors (Lipinski definition) is 0. The molecule has 1 heterocycles. The Balaban J connectivity index is 1.47. The molecule has 23 heavy (non-hydrogen) atoms. The number of amides is 1. The Morgan fingerprint density at radius 1 is 1.43 bits per heavy atom. The zero-order valence-electron chi connectivity index (χ0n) is 13.5. The zero-order valence-corrected chi connectivity index (χ0v) is 13.5. The first-order valence-corrected chi connectivity index (χ1v) is 7.88. The van der Waals surface area contributed by atoms with Crippen molar-refractivity contribution in [2.75, 3.05) is 13.6 Å². The summed E-state index contributed by atoms with van der Waals surface area (Å²) in [7, 11) is 1.82. The third-order valence-electron chi connectivity index (χ3n) is 3.84. The van der Waals surface area contributed by atoms with Crippen LogP contribution in [0.1, 0.15) is 30.1 Å². The standard InChI is InChI=1S/C17H21N3O3/c1-12-4-3-5-14(10-12)22-11-16-18-15(19-23-16)8-9-20(2)17(21)13-6-7-13/h3-5,10,13H,6-9,11H2,1-2H3. The van der Waals surface area contributed by atoms with Gasteiger partial charge in [-0.2, -0.15) is 4.98 Å². The van der Waals surface area contributed by atoms with Gasteiger partial charge in [-0.15, -0.1) is 0 Å². The summed E-state index contributed by atoms with van der Waals surface area (Å²) in [5, 5.41) is 3.93. The molecule has 3 rings (SSSR count). The predicted octanol–water partition coefficient (Wildman–Crippen LogP) is 2.37. The number of rotatable bonds is 7. The third kappa shape index (κ3) is 4.31. The van der Waals surface area contributed by atoms with Crippen molar-refractivity contribution in [3.8, 4) is 5.75 Å². The van der Waals surface area contributed by atoms with Gasteiger partial charge in [0.25, 0.3) is 5.89 Å². The van der Waals surface area contributed by atoms with Crippen molar-refractivity contribution in [3.63, 3.8) is 0 Å². The van der Waals surface area contributed by atoms with Gasteiger partial charge in [-0.05, 0) is 37.5 Å². The lowest BCUT2D eigenvalue weighted by molar-refractivity contribution is -0.131. The van der Waals surface area contributed by atoms with Crippen molar-refractivity contribution in [2.45, 2.75) is 32.8 Å². The lowest BCUT2D eigenvalue weighted by Crippen LogP contribution is -2.30. The summed E-state index contributed by atoms with van der Waals surface area (Å²) in [4.78, 5) is 17.9. The second-order valence-electron chi connectivity index (χ2n) is 5.99. The number of aryl methyl sites for hydroxylation is 1. The van der Waals surface area contributed by atoms with Gasteiger partial charge in [0.1, 0.15) is 5.75 Å². The van der Waals surface area contributed by atoms with E-state index in [4.69, 9.17) is 9.26 Å². The van der Waals surface area contributed by atoms with E-state index in [1.54, 1.807) is 4.90 Å². The van der Waals surface area contributed by atoms with E-state index < -0.39 is 0 Å². The Kier molecular flexibility index (Phi) is 4.60. The van der Waals surface area contributed by atoms with Gasteiger partial charge >= 0.3 is 0 Å². The summed E-state index contributed by atoms with van der Waals surface area (Å²) >= 11 is 0. The van der Waals surface area contributed by atoms with Gasteiger partial charge in [0, 0.05) is 25.9 Å². The number of hydrogen-bond acceptors (Lipinski definition) is 5. The summed E-state index contributed by atoms with van der Waals surface area (Å²) < 4.78 is 10.8. The highest BCUT2D eigenvalue weighted by Crippen LogP contribution is 2.30. The number of nitrogens with zero attached hydrogens (tertiary/aromatic N) is 3. The molecule has 1 aromatic carbocycles. The van der Waals surface area contributed by atoms with Crippen molar-refractivity contribution in [2.24, 2.45) is 5.92 Å². The molecule has 6 nitrogen and oxygen atoms in total. The van der Waals surface area contributed by atoms with Crippen molar-refractivity contribution in [1.82, 2.24) is 15.0 Å². The van der Waals surface area contributed by atoms with Crippen LogP contribution in [0.2, 0.25) is 0 Å². The fraction of sp³-hybridized carbons (Fsp3) is 0.471. The average Bonchev–Trinajstić information content (AvgIpc) is 3.29. The molecule has 122 valence electrons. The molecule has 0 aliphatic heterocycles. The second-order valence-corrected chi connectivity index (χ2v) is 5.99. The first kappa shape index (κ1) is 15.5. The fourth-order valence-corrected chi connectivity index (χ4v) is 2.32. The molecule has 1 aliphatic rings. The van der Waals surface area contributed by atoms with Crippen LogP contribution in [0.5, 0.6) is 5.75 Å². The molecule has 1 aromatic heterocycles. The van der Waals surface area contributed by atoms with Gasteiger partial charge in [-0.25, -0.2) is 0 Å². The van der Waals surface area contributed by atoms with Crippen LogP contribution in [0, 0.1) is 12.8 Å². The second kappa shape index (κ2) is 6.81. The first-order valence-electron chi connectivity index (χ1n) is 7.88. The minimum Gasteiger partial charge on any atom is -0.484 e. The average molecular weight is 315 g/mol. The van der Waals surface area contributed by atoms with E-state index in [9.17, 15) is 4.79 Å². The molecule has 1 amide bonds. The highest BCUT2D eigenvalue weighted by molar-refractivity contribution is 5.80. The first-order chi connectivity index (χ1) is 11.1. The van der Waals surface area contributed by atoms with E-state index in [0.29, 0.717) is 24.7 Å². The fourth-order valence-electron chi connectivity index (χ4n) is 2.32. The molecule has 0 spiro atoms. The SMILES string of the molecule is Cc1cccc(OCc2nc(CCN(C)C(=O)C3CC3)no2)c1. The maximum atomic E-state index is 11.9. The number of benzene rings is 1. The Bertz CT molecular complexity index is 679. The van der Waals surface area contributed by atoms with Crippen molar-refractivity contribution in [3.05, 3.63) is 41.5 Å². The lowest BCUT2D eigenvalue weighted by Gasteiger charge is -2.15. The van der Waals surface area contributed by atoms with Gasteiger partial charge in [-0.1, -0.05) is 17.3 Å². The monoisotopic (exact) mass is 315 g/mol. The van der Waals surface area contributed by atoms with Crippen molar-refractivity contribution in [1.29, 1.82) is 0 Å². The van der Waals surface area contributed by atoms with Gasteiger partial charge in [-0.3, -0.25) is 4.79 Å². The van der Waals surface area contributed by atoms with E-state index in [-0.39, 0.29) is 18.4 Å². The molecule has 0 saturated heterocycles. The van der Waals surface area contributed by atoms with Crippen LogP contribution in [0.4, 0.5) is 0 Å². The number of carbonyl (C=O) groups excluding carboxylic acids is 1. The minimum absolute atomic E-state index is 0.219. The minimum atomic E-state index is 0.219. The van der Waals surface area contributed by atoms with Crippen molar-refractivity contribution < 1.29 is 14.1 Å². The summed E-state index contributed by atoms with van der Waals surface area (Å²) in [6, 6.07) is 7.80. The normalized spacial score (nSPS) is 13.8. The maximum Gasteiger partial charge on any atom is 0.264 e. The largest absolute Gasteiger partial charge is 0.484 e. The Hall–Kier alpha value is -2.37. The predicted molar refractivity (Wildman–Crippen MR) is 83.9 cm³/mol. The molecule has 0 atom stereocenters. The zero-order chi connectivity index (χ0) is 16.2. The number of likely N-dealkylation sites (N-methyl/N-ethyl adjacent to an activating group) is 1. The van der Waals surface area contributed by atoms with E-state index in [1.165, 1.54) is 0 Å². The smallest absolute Gasteiger partial charge is 0.264 e. The quantitative estimate of drug-likeness (QED) is 0.784. The Morgan fingerprint density at radius 3 is 3.00 bits per heavy atom. The molecule has 1 saturated carbocycles. The van der Waals surface area contributed by atoms with Gasteiger partial charge in [0.05, 0.1) is 0 Å². The Labute approximate surface area is 135 Å². The Morgan fingerprint density at radius 2 is 2.26 bits per heavy atom. The molecule has 0 unspecified atom stereocenters. The molecule has 0 bridgehead atoms. The lowest BCUT2D eigenvalue weighted by atomic mass is 10.2. The molecule has 1 aliphatic carbocycles. The third-order valence-corrected chi connectivity index (χ3v) is 3.84. The van der Waals surface area contributed by atoms with Crippen LogP contribution < -0.4 is 4.74 Å². The van der Waals surface area contributed by atoms with Crippen molar-refractivity contribution >= 4 is 5.91 Å². The maximum absolute atomic E-state index is 11.9. The summed E-state index contributed by atoms with van der Waals surface area (Å²) in [5.74, 6) is 2.28. The topological polar surface area (TPSA) is 68.5 Å². The van der Waals surface area contributed by atoms with Crippen LogP contribution in [0.25, 0.3) is 0 Å². The molecule has 1 fully saturated rings. The van der Waals surface area contributed by atoms with Gasteiger partial charge < -0.3 is 14.2 Å². The molecule has 0 N–H and O–H groups in total. The van der Waals surface area contributed by atoms with Crippen LogP contribution >= 0.6 is 0 Å². The van der Waals surface area contributed by atoms with E-state index in [2.05, 4.69) is 10.1 Å². The molecular formula is C17H21N3O3. The molecule has 2 aromatic rings. The summed E-state index contributed by atoms with van der Waals surface area (Å²) in [6.07, 6.45) is 2.63. The molecular weight excluding hydrogens is 294 g/mol. The number of aromatic nitrogens is 2. The van der Waals surface area contributed by atoms with Crippen LogP contribution in [0.15, 0.2) is 28.8 Å². The van der Waals surface area contributed by atoms with E-state index in [1.807, 2.05) is 38.2 Å². The highest BCUT2D eigenvalue weighted by atomic mass is 16.5. The van der Waals surface area contributed by atoms with Gasteiger partial charge in [0.2, 0.25) is 5.91 Å². The number of ether oxygens (including phenoxy) is 1. The van der Waals surface area contributed by atoms with Gasteiger partial charge in [0.15, 0.2) is 12.4 Å². The van der Waals surface area contributed by atoms with E-state index >= 15 is 0 Å². The number of carbonyl (C=O) groups is 1. The summed E-state index contributed by atoms with van der Waals surface area (Å²) in [6.45, 7) is 2.86. The summed E-state index contributed by atoms with van der Waals surface area (Å²) in [5.41, 5.74) is 1.14.